The Labute approximate surface area is 171 Å². The monoisotopic (exact) mass is 386 g/mol. The number of likely N-dealkylation sites (tertiary alicyclic amines) is 1. The van der Waals surface area contributed by atoms with Gasteiger partial charge in [-0.05, 0) is 66.8 Å². The molecule has 5 heteroatoms. The Balaban J connectivity index is 1.45. The second kappa shape index (κ2) is 6.48. The van der Waals surface area contributed by atoms with Gasteiger partial charge in [-0.25, -0.2) is 0 Å². The quantitative estimate of drug-likeness (QED) is 0.691. The average Bonchev–Trinajstić information content (AvgIpc) is 3.34. The number of hydrogen-bond donors (Lipinski definition) is 1. The van der Waals surface area contributed by atoms with Crippen LogP contribution in [0, 0.1) is 19.3 Å². The maximum absolute atomic E-state index is 11.8. The lowest BCUT2D eigenvalue weighted by molar-refractivity contribution is -0.136. The van der Waals surface area contributed by atoms with E-state index in [9.17, 15) is 4.79 Å². The molecule has 3 heterocycles. The highest BCUT2D eigenvalue weighted by Gasteiger charge is 2.48. The molecule has 2 aliphatic rings. The molecule has 0 atom stereocenters. The molecule has 1 aromatic heterocycles. The minimum atomic E-state index is 0.0513. The molecular weight excluding hydrogens is 360 g/mol. The van der Waals surface area contributed by atoms with Crippen molar-refractivity contribution in [2.75, 3.05) is 31.1 Å². The summed E-state index contributed by atoms with van der Waals surface area (Å²) in [6.45, 7) is 11.7. The molecule has 2 fully saturated rings. The fraction of sp³-hybridized carbons (Fsp3) is 0.333. The molecule has 148 valence electrons. The summed E-state index contributed by atoms with van der Waals surface area (Å²) in [6, 6.07) is 11.0. The highest BCUT2D eigenvalue weighted by atomic mass is 16.2. The summed E-state index contributed by atoms with van der Waals surface area (Å²) in [5.74, 6) is 0.0513. The molecular formula is C24H26N4O. The first-order chi connectivity index (χ1) is 14.0. The molecule has 2 aliphatic heterocycles. The van der Waals surface area contributed by atoms with Crippen molar-refractivity contribution < 1.29 is 4.79 Å². The molecule has 0 aliphatic carbocycles. The lowest BCUT2D eigenvalue weighted by Gasteiger charge is -2.47. The van der Waals surface area contributed by atoms with Crippen molar-refractivity contribution in [1.82, 2.24) is 15.1 Å². The number of carbonyl (C=O) groups excluding carboxylic acids is 1. The smallest absolute Gasteiger partial charge is 0.245 e. The number of anilines is 1. The third-order valence-electron chi connectivity index (χ3n) is 6.67. The van der Waals surface area contributed by atoms with Crippen LogP contribution in [0.5, 0.6) is 0 Å². The first-order valence-electron chi connectivity index (χ1n) is 10.2. The number of nitrogens with one attached hydrogen (secondary N) is 1. The van der Waals surface area contributed by atoms with Crippen LogP contribution >= 0.6 is 0 Å². The van der Waals surface area contributed by atoms with Gasteiger partial charge in [0.25, 0.3) is 0 Å². The fourth-order valence-corrected chi connectivity index (χ4v) is 5.02. The summed E-state index contributed by atoms with van der Waals surface area (Å²) in [5, 5.41) is 8.51. The van der Waals surface area contributed by atoms with Crippen LogP contribution in [-0.2, 0) is 4.79 Å². The Bertz CT molecular complexity index is 1120. The Morgan fingerprint density at radius 3 is 2.76 bits per heavy atom. The van der Waals surface area contributed by atoms with Gasteiger partial charge in [0, 0.05) is 42.7 Å². The van der Waals surface area contributed by atoms with Crippen molar-refractivity contribution in [2.45, 2.75) is 20.3 Å². The zero-order chi connectivity index (χ0) is 20.2. The first kappa shape index (κ1) is 18.0. The lowest BCUT2D eigenvalue weighted by Crippen LogP contribution is -2.59. The number of aromatic nitrogens is 2. The molecule has 0 saturated carbocycles. The largest absolute Gasteiger partial charge is 0.371 e. The van der Waals surface area contributed by atoms with Gasteiger partial charge in [-0.1, -0.05) is 18.7 Å². The Hall–Kier alpha value is -3.08. The van der Waals surface area contributed by atoms with Gasteiger partial charge >= 0.3 is 0 Å². The van der Waals surface area contributed by atoms with E-state index in [1.165, 1.54) is 39.4 Å². The molecule has 0 bridgehead atoms. The molecule has 3 aromatic rings. The van der Waals surface area contributed by atoms with Crippen LogP contribution in [-0.4, -0.2) is 47.2 Å². The lowest BCUT2D eigenvalue weighted by atomic mass is 9.79. The summed E-state index contributed by atoms with van der Waals surface area (Å²) in [6.07, 6.45) is 4.48. The zero-order valence-corrected chi connectivity index (χ0v) is 17.0. The summed E-state index contributed by atoms with van der Waals surface area (Å²) in [5.41, 5.74) is 7.62. The second-order valence-corrected chi connectivity index (χ2v) is 8.66. The molecule has 1 amide bonds. The number of aromatic amines is 1. The number of amides is 1. The number of carbonyl (C=O) groups is 1. The average molecular weight is 386 g/mol. The van der Waals surface area contributed by atoms with Crippen LogP contribution in [0.25, 0.3) is 22.0 Å². The van der Waals surface area contributed by atoms with Crippen LogP contribution in [0.4, 0.5) is 5.69 Å². The highest BCUT2D eigenvalue weighted by Crippen LogP contribution is 2.42. The summed E-state index contributed by atoms with van der Waals surface area (Å²) < 4.78 is 0. The molecule has 2 saturated heterocycles. The molecule has 1 spiro atoms. The number of aryl methyl sites for hydroxylation is 2. The standard InChI is InChI=1S/C24H26N4O/c1-4-22(29)28-14-24(15-28)9-10-27(13-24)18-7-5-16(2)19(11-18)23-17(3)6-8-21-20(23)12-25-26-21/h4-8,11-12H,1,9-10,13-15H2,2-3H3,(H,25,26). The van der Waals surface area contributed by atoms with Gasteiger partial charge in [0.1, 0.15) is 0 Å². The second-order valence-electron chi connectivity index (χ2n) is 8.66. The van der Waals surface area contributed by atoms with Crippen molar-refractivity contribution in [2.24, 2.45) is 5.41 Å². The van der Waals surface area contributed by atoms with Crippen LogP contribution in [0.15, 0.2) is 49.2 Å². The number of benzene rings is 2. The molecule has 2 aromatic carbocycles. The number of rotatable bonds is 3. The normalized spacial score (nSPS) is 17.7. The molecule has 0 radical (unpaired) electrons. The van der Waals surface area contributed by atoms with Crippen molar-refractivity contribution in [3.63, 3.8) is 0 Å². The summed E-state index contributed by atoms with van der Waals surface area (Å²) in [7, 11) is 0. The molecule has 5 rings (SSSR count). The van der Waals surface area contributed by atoms with Gasteiger partial charge in [-0.3, -0.25) is 9.89 Å². The minimum Gasteiger partial charge on any atom is -0.371 e. The molecule has 5 nitrogen and oxygen atoms in total. The minimum absolute atomic E-state index is 0.0513. The molecule has 0 unspecified atom stereocenters. The van der Waals surface area contributed by atoms with Gasteiger partial charge in [-0.15, -0.1) is 0 Å². The van der Waals surface area contributed by atoms with Gasteiger partial charge < -0.3 is 9.80 Å². The summed E-state index contributed by atoms with van der Waals surface area (Å²) in [4.78, 5) is 16.2. The van der Waals surface area contributed by atoms with E-state index >= 15 is 0 Å². The zero-order valence-electron chi connectivity index (χ0n) is 17.0. The van der Waals surface area contributed by atoms with Crippen LogP contribution in [0.1, 0.15) is 17.5 Å². The van der Waals surface area contributed by atoms with Crippen LogP contribution in [0.3, 0.4) is 0 Å². The third-order valence-corrected chi connectivity index (χ3v) is 6.67. The van der Waals surface area contributed by atoms with Crippen LogP contribution < -0.4 is 4.90 Å². The number of nitrogens with zero attached hydrogens (tertiary/aromatic N) is 3. The van der Waals surface area contributed by atoms with Crippen LogP contribution in [0.2, 0.25) is 0 Å². The predicted molar refractivity (Wildman–Crippen MR) is 117 cm³/mol. The SMILES string of the molecule is C=CC(=O)N1CC2(CCN(c3ccc(C)c(-c4c(C)ccc5[nH]ncc45)c3)C2)C1. The van der Waals surface area contributed by atoms with Gasteiger partial charge in [-0.2, -0.15) is 5.10 Å². The predicted octanol–water partition coefficient (Wildman–Crippen LogP) is 4.07. The van der Waals surface area contributed by atoms with E-state index in [0.29, 0.717) is 0 Å². The maximum atomic E-state index is 11.8. The van der Waals surface area contributed by atoms with Crippen molar-refractivity contribution in [3.8, 4) is 11.1 Å². The Kier molecular flexibility index (Phi) is 4.02. The van der Waals surface area contributed by atoms with E-state index in [0.717, 1.165) is 38.1 Å². The number of H-pyrrole nitrogens is 1. The Morgan fingerprint density at radius 1 is 1.17 bits per heavy atom. The van der Waals surface area contributed by atoms with E-state index in [1.807, 2.05) is 11.1 Å². The summed E-state index contributed by atoms with van der Waals surface area (Å²) >= 11 is 0. The van der Waals surface area contributed by atoms with E-state index in [-0.39, 0.29) is 11.3 Å². The van der Waals surface area contributed by atoms with E-state index in [2.05, 4.69) is 65.9 Å². The first-order valence-corrected chi connectivity index (χ1v) is 10.2. The van der Waals surface area contributed by atoms with Crippen molar-refractivity contribution in [3.05, 3.63) is 60.3 Å². The van der Waals surface area contributed by atoms with Crippen molar-refractivity contribution >= 4 is 22.5 Å². The van der Waals surface area contributed by atoms with Gasteiger partial charge in [0.15, 0.2) is 0 Å². The number of hydrogen-bond acceptors (Lipinski definition) is 3. The maximum Gasteiger partial charge on any atom is 0.245 e. The van der Waals surface area contributed by atoms with Crippen molar-refractivity contribution in [1.29, 1.82) is 0 Å². The third kappa shape index (κ3) is 2.84. The highest BCUT2D eigenvalue weighted by molar-refractivity contribution is 5.97. The van der Waals surface area contributed by atoms with Gasteiger partial charge in [0.05, 0.1) is 11.7 Å². The molecule has 1 N–H and O–H groups in total. The van der Waals surface area contributed by atoms with E-state index < -0.39 is 0 Å². The van der Waals surface area contributed by atoms with E-state index in [4.69, 9.17) is 0 Å². The van der Waals surface area contributed by atoms with Gasteiger partial charge in [0.2, 0.25) is 5.91 Å². The topological polar surface area (TPSA) is 52.2 Å². The van der Waals surface area contributed by atoms with E-state index in [1.54, 1.807) is 0 Å². The number of fused-ring (bicyclic) bond motifs is 1. The molecule has 29 heavy (non-hydrogen) atoms. The fourth-order valence-electron chi connectivity index (χ4n) is 5.02. The Morgan fingerprint density at radius 2 is 1.97 bits per heavy atom.